The summed E-state index contributed by atoms with van der Waals surface area (Å²) in [6.45, 7) is 3.09. The van der Waals surface area contributed by atoms with Gasteiger partial charge in [-0.05, 0) is 24.8 Å². The largest absolute Gasteiger partial charge is 0.396 e. The normalized spacial score (nSPS) is 32.3. The minimum Gasteiger partial charge on any atom is -0.396 e. The maximum absolute atomic E-state index is 10.0. The summed E-state index contributed by atoms with van der Waals surface area (Å²) < 4.78 is 5.44. The molecule has 1 fully saturated rings. The fraction of sp³-hybridized carbons (Fsp3) is 0.867. The smallest absolute Gasteiger partial charge is 0.110 e. The van der Waals surface area contributed by atoms with Crippen LogP contribution in [-0.4, -0.2) is 91.7 Å². The average molecular weight is 336 g/mol. The molecule has 8 nitrogen and oxygen atoms in total. The zero-order valence-corrected chi connectivity index (χ0v) is 13.0. The van der Waals surface area contributed by atoms with Gasteiger partial charge in [-0.25, -0.2) is 0 Å². The van der Waals surface area contributed by atoms with E-state index in [-0.39, 0.29) is 31.4 Å². The van der Waals surface area contributed by atoms with Gasteiger partial charge >= 0.3 is 0 Å². The molecule has 0 amide bonds. The third-order valence-corrected chi connectivity index (χ3v) is 4.11. The van der Waals surface area contributed by atoms with Gasteiger partial charge in [0.25, 0.3) is 0 Å². The minimum absolute atomic E-state index is 0.102. The van der Waals surface area contributed by atoms with Crippen molar-refractivity contribution in [3.63, 3.8) is 0 Å². The van der Waals surface area contributed by atoms with Crippen molar-refractivity contribution >= 4 is 0 Å². The highest BCUT2D eigenvalue weighted by molar-refractivity contribution is 5.08. The average Bonchev–Trinajstić information content (AvgIpc) is 2.54. The van der Waals surface area contributed by atoms with E-state index in [1.807, 2.05) is 0 Å². The molecule has 0 aromatic heterocycles. The van der Waals surface area contributed by atoms with E-state index in [9.17, 15) is 25.5 Å². The van der Waals surface area contributed by atoms with Gasteiger partial charge in [-0.15, -0.1) is 0 Å². The lowest BCUT2D eigenvalue weighted by molar-refractivity contribution is -0.179. The molecule has 1 saturated heterocycles. The molecule has 23 heavy (non-hydrogen) atoms. The Morgan fingerprint density at radius 2 is 1.83 bits per heavy atom. The highest BCUT2D eigenvalue weighted by atomic mass is 16.5. The van der Waals surface area contributed by atoms with Crippen LogP contribution in [0.4, 0.5) is 0 Å². The summed E-state index contributed by atoms with van der Waals surface area (Å²) in [6.07, 6.45) is -7.12. The molecule has 136 valence electrons. The van der Waals surface area contributed by atoms with Gasteiger partial charge in [0.15, 0.2) is 0 Å². The first-order valence-corrected chi connectivity index (χ1v) is 7.77. The Bertz CT molecular complexity index is 363. The molecule has 0 aliphatic carbocycles. The molecule has 0 bridgehead atoms. The van der Waals surface area contributed by atoms with E-state index in [4.69, 9.17) is 14.9 Å². The molecule has 7 atom stereocenters. The molecule has 7 N–H and O–H groups in total. The van der Waals surface area contributed by atoms with Gasteiger partial charge in [-0.3, -0.25) is 0 Å². The molecule has 0 saturated carbocycles. The molecular weight excluding hydrogens is 308 g/mol. The number of hydrogen-bond donors (Lipinski definition) is 7. The van der Waals surface area contributed by atoms with Crippen LogP contribution in [0.3, 0.4) is 0 Å². The molecule has 8 heteroatoms. The van der Waals surface area contributed by atoms with Gasteiger partial charge in [0.1, 0.15) is 24.4 Å². The highest BCUT2D eigenvalue weighted by Crippen LogP contribution is 2.26. The van der Waals surface area contributed by atoms with Crippen LogP contribution in [0.5, 0.6) is 0 Å². The van der Waals surface area contributed by atoms with E-state index < -0.39 is 49.3 Å². The lowest BCUT2D eigenvalue weighted by Crippen LogP contribution is -2.50. The Hall–Kier alpha value is -0.580. The van der Waals surface area contributed by atoms with Gasteiger partial charge in [0.2, 0.25) is 0 Å². The van der Waals surface area contributed by atoms with Crippen LogP contribution in [0.1, 0.15) is 25.7 Å². The standard InChI is InChI=1S/C15H28O8/c1-8(13(20)15(22)10(18)3-2-4-16)5-9-6-11(19)14(21)12(7-17)23-9/h9-22H,1-7H2/t9-,10+,11-,12-,13+,14+,15-/m1/s1. The van der Waals surface area contributed by atoms with Gasteiger partial charge < -0.3 is 40.5 Å². The fourth-order valence-electron chi connectivity index (χ4n) is 2.66. The molecule has 1 aliphatic rings. The first kappa shape index (κ1) is 20.5. The molecular formula is C15H28O8. The lowest BCUT2D eigenvalue weighted by Gasteiger charge is -2.37. The Labute approximate surface area is 135 Å². The van der Waals surface area contributed by atoms with Gasteiger partial charge in [-0.2, -0.15) is 0 Å². The van der Waals surface area contributed by atoms with Gasteiger partial charge in [-0.1, -0.05) is 6.58 Å². The van der Waals surface area contributed by atoms with E-state index in [1.165, 1.54) is 0 Å². The molecule has 1 rings (SSSR count). The summed E-state index contributed by atoms with van der Waals surface area (Å²) >= 11 is 0. The van der Waals surface area contributed by atoms with Crippen LogP contribution in [0.2, 0.25) is 0 Å². The second-order valence-corrected chi connectivity index (χ2v) is 6.00. The Morgan fingerprint density at radius 1 is 1.17 bits per heavy atom. The van der Waals surface area contributed by atoms with Crippen molar-refractivity contribution in [1.29, 1.82) is 0 Å². The number of hydrogen-bond acceptors (Lipinski definition) is 8. The molecule has 1 heterocycles. The number of ether oxygens (including phenoxy) is 1. The molecule has 0 unspecified atom stereocenters. The summed E-state index contributed by atoms with van der Waals surface area (Å²) in [6, 6.07) is 0. The summed E-state index contributed by atoms with van der Waals surface area (Å²) in [5.41, 5.74) is 0.214. The third kappa shape index (κ3) is 5.77. The van der Waals surface area contributed by atoms with Gasteiger partial charge in [0.05, 0.1) is 24.9 Å². The van der Waals surface area contributed by atoms with Crippen LogP contribution >= 0.6 is 0 Å². The van der Waals surface area contributed by atoms with E-state index in [0.717, 1.165) is 0 Å². The first-order valence-electron chi connectivity index (χ1n) is 7.77. The minimum atomic E-state index is -1.44. The summed E-state index contributed by atoms with van der Waals surface area (Å²) in [5.74, 6) is 0. The second kappa shape index (κ2) is 9.65. The fourth-order valence-corrected chi connectivity index (χ4v) is 2.66. The van der Waals surface area contributed by atoms with E-state index in [2.05, 4.69) is 6.58 Å². The van der Waals surface area contributed by atoms with Gasteiger partial charge in [0, 0.05) is 13.0 Å². The highest BCUT2D eigenvalue weighted by Gasteiger charge is 2.37. The van der Waals surface area contributed by atoms with Crippen molar-refractivity contribution in [1.82, 2.24) is 0 Å². The zero-order chi connectivity index (χ0) is 17.6. The van der Waals surface area contributed by atoms with Crippen molar-refractivity contribution in [2.24, 2.45) is 0 Å². The zero-order valence-electron chi connectivity index (χ0n) is 13.0. The van der Waals surface area contributed by atoms with Crippen molar-refractivity contribution < 1.29 is 40.5 Å². The van der Waals surface area contributed by atoms with Crippen molar-refractivity contribution in [2.45, 2.75) is 68.4 Å². The monoisotopic (exact) mass is 336 g/mol. The predicted molar refractivity (Wildman–Crippen MR) is 80.5 cm³/mol. The SMILES string of the molecule is C=C(C[C@@H]1C[C@@H](O)[C@H](O)[C@@H](CO)O1)[C@H](O)[C@H](O)[C@@H](O)CCCO. The Kier molecular flexibility index (Phi) is 8.59. The first-order chi connectivity index (χ1) is 10.8. The maximum atomic E-state index is 10.0. The summed E-state index contributed by atoms with van der Waals surface area (Å²) in [4.78, 5) is 0. The Balaban J connectivity index is 2.54. The second-order valence-electron chi connectivity index (χ2n) is 6.00. The van der Waals surface area contributed by atoms with Crippen LogP contribution in [0, 0.1) is 0 Å². The number of rotatable bonds is 9. The molecule has 0 aromatic carbocycles. The Morgan fingerprint density at radius 3 is 2.39 bits per heavy atom. The van der Waals surface area contributed by atoms with E-state index >= 15 is 0 Å². The molecule has 0 aromatic rings. The quantitative estimate of drug-likeness (QED) is 0.231. The maximum Gasteiger partial charge on any atom is 0.110 e. The van der Waals surface area contributed by atoms with E-state index in [0.29, 0.717) is 6.42 Å². The van der Waals surface area contributed by atoms with E-state index in [1.54, 1.807) is 0 Å². The van der Waals surface area contributed by atoms with Crippen LogP contribution in [0.15, 0.2) is 12.2 Å². The van der Waals surface area contributed by atoms with Crippen LogP contribution in [-0.2, 0) is 4.74 Å². The molecule has 0 spiro atoms. The summed E-state index contributed by atoms with van der Waals surface area (Å²) in [5, 5.41) is 66.9. The van der Waals surface area contributed by atoms with Crippen molar-refractivity contribution in [3.05, 3.63) is 12.2 Å². The molecule has 0 radical (unpaired) electrons. The van der Waals surface area contributed by atoms with Crippen molar-refractivity contribution in [2.75, 3.05) is 13.2 Å². The third-order valence-electron chi connectivity index (χ3n) is 4.11. The lowest BCUT2D eigenvalue weighted by atomic mass is 9.90. The predicted octanol–water partition coefficient (Wildman–Crippen LogP) is -2.34. The van der Waals surface area contributed by atoms with Crippen LogP contribution < -0.4 is 0 Å². The summed E-state index contributed by atoms with van der Waals surface area (Å²) in [7, 11) is 0. The topological polar surface area (TPSA) is 151 Å². The van der Waals surface area contributed by atoms with Crippen molar-refractivity contribution in [3.8, 4) is 0 Å². The molecule has 1 aliphatic heterocycles. The van der Waals surface area contributed by atoms with Crippen LogP contribution in [0.25, 0.3) is 0 Å². The number of aliphatic hydroxyl groups excluding tert-OH is 7. The number of aliphatic hydroxyl groups is 7.